The zero-order valence-electron chi connectivity index (χ0n) is 7.76. The van der Waals surface area contributed by atoms with Crippen molar-refractivity contribution in [2.75, 3.05) is 7.11 Å². The monoisotopic (exact) mass is 235 g/mol. The number of hydrogen-bond acceptors (Lipinski definition) is 3. The Labute approximate surface area is 88.9 Å². The smallest absolute Gasteiger partial charge is 0.446 e. The molecular weight excluding hydrogens is 227 g/mol. The Balaban J connectivity index is 2.77. The molecule has 0 saturated carbocycles. The Morgan fingerprint density at radius 2 is 1.80 bits per heavy atom. The predicted octanol–water partition coefficient (Wildman–Crippen LogP) is 3.27. The molecule has 0 heterocycles. The first kappa shape index (κ1) is 11.9. The molecule has 0 saturated heterocycles. The summed E-state index contributed by atoms with van der Waals surface area (Å²) in [5.74, 6) is -0.0708. The van der Waals surface area contributed by atoms with Gasteiger partial charge in [-0.3, -0.25) is 5.41 Å². The third-order valence-corrected chi connectivity index (χ3v) is 2.29. The van der Waals surface area contributed by atoms with Crippen molar-refractivity contribution >= 4 is 17.7 Å². The fraction of sp³-hybridized carbons (Fsp3) is 0.222. The van der Waals surface area contributed by atoms with Crippen LogP contribution in [0.3, 0.4) is 0 Å². The van der Waals surface area contributed by atoms with Gasteiger partial charge in [-0.15, -0.1) is 0 Å². The van der Waals surface area contributed by atoms with Gasteiger partial charge < -0.3 is 4.74 Å². The highest BCUT2D eigenvalue weighted by Crippen LogP contribution is 2.36. The molecule has 0 radical (unpaired) electrons. The van der Waals surface area contributed by atoms with Crippen molar-refractivity contribution in [2.45, 2.75) is 10.4 Å². The van der Waals surface area contributed by atoms with Crippen LogP contribution in [0.4, 0.5) is 13.2 Å². The summed E-state index contributed by atoms with van der Waals surface area (Å²) in [6.45, 7) is 0. The largest absolute Gasteiger partial charge is 0.481 e. The molecule has 0 fully saturated rings. The summed E-state index contributed by atoms with van der Waals surface area (Å²) < 4.78 is 40.5. The first-order valence-electron chi connectivity index (χ1n) is 3.91. The van der Waals surface area contributed by atoms with Crippen LogP contribution in [-0.2, 0) is 4.74 Å². The van der Waals surface area contributed by atoms with Gasteiger partial charge in [0.1, 0.15) is 0 Å². The van der Waals surface area contributed by atoms with E-state index >= 15 is 0 Å². The normalized spacial score (nSPS) is 11.2. The van der Waals surface area contributed by atoms with Gasteiger partial charge in [0.25, 0.3) is 0 Å². The number of hydrogen-bond donors (Lipinski definition) is 1. The molecule has 0 amide bonds. The number of benzene rings is 1. The maximum atomic E-state index is 12.0. The van der Waals surface area contributed by atoms with Gasteiger partial charge in [0, 0.05) is 10.5 Å². The summed E-state index contributed by atoms with van der Waals surface area (Å²) in [6.07, 6.45) is 0. The molecule has 1 aromatic rings. The first-order valence-corrected chi connectivity index (χ1v) is 4.73. The molecule has 82 valence electrons. The van der Waals surface area contributed by atoms with Crippen molar-refractivity contribution in [3.8, 4) is 0 Å². The van der Waals surface area contributed by atoms with E-state index in [1.54, 1.807) is 0 Å². The van der Waals surface area contributed by atoms with Crippen LogP contribution in [0.1, 0.15) is 5.56 Å². The molecule has 0 aromatic heterocycles. The van der Waals surface area contributed by atoms with Gasteiger partial charge in [0.05, 0.1) is 7.11 Å². The Bertz CT molecular complexity index is 347. The van der Waals surface area contributed by atoms with E-state index < -0.39 is 5.51 Å². The number of alkyl halides is 3. The maximum Gasteiger partial charge on any atom is 0.446 e. The van der Waals surface area contributed by atoms with Crippen molar-refractivity contribution in [1.29, 1.82) is 5.41 Å². The predicted molar refractivity (Wildman–Crippen MR) is 52.2 cm³/mol. The average Bonchev–Trinajstić information content (AvgIpc) is 2.15. The summed E-state index contributed by atoms with van der Waals surface area (Å²) in [4.78, 5) is 0.0927. The second-order valence-electron chi connectivity index (χ2n) is 2.61. The zero-order chi connectivity index (χ0) is 11.5. The summed E-state index contributed by atoms with van der Waals surface area (Å²) in [7, 11) is 1.33. The number of thioether (sulfide) groups is 1. The molecule has 0 aliphatic rings. The van der Waals surface area contributed by atoms with E-state index in [2.05, 4.69) is 4.74 Å². The van der Waals surface area contributed by atoms with Crippen LogP contribution in [0, 0.1) is 5.41 Å². The fourth-order valence-electron chi connectivity index (χ4n) is 0.926. The highest BCUT2D eigenvalue weighted by molar-refractivity contribution is 8.00. The van der Waals surface area contributed by atoms with E-state index in [0.717, 1.165) is 0 Å². The average molecular weight is 235 g/mol. The third kappa shape index (κ3) is 3.83. The van der Waals surface area contributed by atoms with Crippen molar-refractivity contribution in [3.05, 3.63) is 29.8 Å². The van der Waals surface area contributed by atoms with E-state index in [4.69, 9.17) is 5.41 Å². The lowest BCUT2D eigenvalue weighted by atomic mass is 10.2. The molecule has 0 aliphatic carbocycles. The van der Waals surface area contributed by atoms with E-state index in [1.165, 1.54) is 31.4 Å². The van der Waals surface area contributed by atoms with Gasteiger partial charge in [-0.1, -0.05) is 0 Å². The van der Waals surface area contributed by atoms with Gasteiger partial charge in [-0.2, -0.15) is 13.2 Å². The number of rotatable bonds is 2. The zero-order valence-corrected chi connectivity index (χ0v) is 8.58. The lowest BCUT2D eigenvalue weighted by molar-refractivity contribution is -0.0328. The first-order chi connectivity index (χ1) is 6.92. The molecule has 1 aromatic carbocycles. The minimum Gasteiger partial charge on any atom is -0.481 e. The van der Waals surface area contributed by atoms with Crippen molar-refractivity contribution < 1.29 is 17.9 Å². The molecule has 2 nitrogen and oxygen atoms in total. The Morgan fingerprint density at radius 1 is 1.27 bits per heavy atom. The number of nitrogens with one attached hydrogen (secondary N) is 1. The van der Waals surface area contributed by atoms with Gasteiger partial charge >= 0.3 is 5.51 Å². The molecule has 0 aliphatic heterocycles. The van der Waals surface area contributed by atoms with Crippen LogP contribution < -0.4 is 0 Å². The second kappa shape index (κ2) is 4.57. The van der Waals surface area contributed by atoms with E-state index in [-0.39, 0.29) is 22.6 Å². The highest BCUT2D eigenvalue weighted by atomic mass is 32.2. The van der Waals surface area contributed by atoms with Crippen LogP contribution >= 0.6 is 11.8 Å². The molecular formula is C9H8F3NOS. The van der Waals surface area contributed by atoms with Crippen LogP contribution in [-0.4, -0.2) is 18.5 Å². The molecule has 0 spiro atoms. The van der Waals surface area contributed by atoms with E-state index in [1.807, 2.05) is 0 Å². The second-order valence-corrected chi connectivity index (χ2v) is 3.74. The molecule has 0 bridgehead atoms. The molecule has 0 unspecified atom stereocenters. The summed E-state index contributed by atoms with van der Waals surface area (Å²) >= 11 is -0.183. The summed E-state index contributed by atoms with van der Waals surface area (Å²) in [5.41, 5.74) is -3.83. The molecule has 0 atom stereocenters. The van der Waals surface area contributed by atoms with Gasteiger partial charge in [-0.25, -0.2) is 0 Å². The van der Waals surface area contributed by atoms with Crippen LogP contribution in [0.5, 0.6) is 0 Å². The number of methoxy groups -OCH3 is 1. The van der Waals surface area contributed by atoms with Crippen LogP contribution in [0.15, 0.2) is 29.2 Å². The summed E-state index contributed by atoms with van der Waals surface area (Å²) in [6, 6.07) is 5.45. The number of halogens is 3. The Morgan fingerprint density at radius 3 is 2.20 bits per heavy atom. The van der Waals surface area contributed by atoms with Crippen LogP contribution in [0.2, 0.25) is 0 Å². The maximum absolute atomic E-state index is 12.0. The van der Waals surface area contributed by atoms with Crippen molar-refractivity contribution in [2.24, 2.45) is 0 Å². The molecule has 6 heteroatoms. The highest BCUT2D eigenvalue weighted by Gasteiger charge is 2.29. The lowest BCUT2D eigenvalue weighted by Gasteiger charge is -2.06. The van der Waals surface area contributed by atoms with E-state index in [0.29, 0.717) is 5.56 Å². The molecule has 1 rings (SSSR count). The van der Waals surface area contributed by atoms with Gasteiger partial charge in [-0.05, 0) is 36.0 Å². The SMILES string of the molecule is COC(=N)c1ccc(SC(F)(F)F)cc1. The molecule has 1 N–H and O–H groups in total. The minimum absolute atomic E-state index is 0.0708. The topological polar surface area (TPSA) is 33.1 Å². The fourth-order valence-corrected chi connectivity index (χ4v) is 1.47. The standard InChI is InChI=1S/C9H8F3NOS/c1-14-8(13)6-2-4-7(5-3-6)15-9(10,11)12/h2-5,13H,1H3. The van der Waals surface area contributed by atoms with Crippen LogP contribution in [0.25, 0.3) is 0 Å². The molecule has 15 heavy (non-hydrogen) atoms. The van der Waals surface area contributed by atoms with Gasteiger partial charge in [0.2, 0.25) is 5.90 Å². The quantitative estimate of drug-likeness (QED) is 0.485. The number of ether oxygens (including phenoxy) is 1. The lowest BCUT2D eigenvalue weighted by Crippen LogP contribution is -2.02. The van der Waals surface area contributed by atoms with Gasteiger partial charge in [0.15, 0.2) is 0 Å². The Hall–Kier alpha value is -1.17. The minimum atomic E-state index is -4.28. The Kier molecular flexibility index (Phi) is 3.62. The van der Waals surface area contributed by atoms with Crippen molar-refractivity contribution in [3.63, 3.8) is 0 Å². The van der Waals surface area contributed by atoms with E-state index in [9.17, 15) is 13.2 Å². The van der Waals surface area contributed by atoms with Crippen molar-refractivity contribution in [1.82, 2.24) is 0 Å². The third-order valence-electron chi connectivity index (χ3n) is 1.55. The summed E-state index contributed by atoms with van der Waals surface area (Å²) in [5, 5.41) is 7.28.